The molecule has 1 N–H and O–H groups in total. The molecule has 1 aromatic rings. The highest BCUT2D eigenvalue weighted by Crippen LogP contribution is 2.28. The SMILES string of the molecule is CC1(C)CN(C(=O)c2cn(CC(=O)O)nn2)CC(C)(C)O1. The first-order valence-corrected chi connectivity index (χ1v) is 6.69. The molecule has 1 saturated heterocycles. The van der Waals surface area contributed by atoms with Gasteiger partial charge in [0.05, 0.1) is 17.4 Å². The largest absolute Gasteiger partial charge is 0.480 e. The van der Waals surface area contributed by atoms with Crippen molar-refractivity contribution in [2.24, 2.45) is 0 Å². The summed E-state index contributed by atoms with van der Waals surface area (Å²) < 4.78 is 7.05. The van der Waals surface area contributed by atoms with Crippen molar-refractivity contribution in [2.75, 3.05) is 13.1 Å². The lowest BCUT2D eigenvalue weighted by Gasteiger charge is -2.46. The Balaban J connectivity index is 2.15. The Morgan fingerprint density at radius 1 is 1.29 bits per heavy atom. The van der Waals surface area contributed by atoms with Crippen LogP contribution in [0.4, 0.5) is 0 Å². The van der Waals surface area contributed by atoms with E-state index in [1.54, 1.807) is 4.90 Å². The van der Waals surface area contributed by atoms with Crippen LogP contribution in [0.15, 0.2) is 6.20 Å². The minimum absolute atomic E-state index is 0.143. The van der Waals surface area contributed by atoms with Crippen LogP contribution in [0.5, 0.6) is 0 Å². The highest BCUT2D eigenvalue weighted by atomic mass is 16.5. The number of carboxylic acids is 1. The van der Waals surface area contributed by atoms with E-state index in [0.29, 0.717) is 13.1 Å². The second-order valence-electron chi connectivity index (χ2n) is 6.48. The molecule has 1 fully saturated rings. The molecule has 0 saturated carbocycles. The van der Waals surface area contributed by atoms with Crippen molar-refractivity contribution in [3.05, 3.63) is 11.9 Å². The molecular weight excluding hydrogens is 276 g/mol. The summed E-state index contributed by atoms with van der Waals surface area (Å²) in [6, 6.07) is 0. The molecule has 21 heavy (non-hydrogen) atoms. The maximum Gasteiger partial charge on any atom is 0.325 e. The van der Waals surface area contributed by atoms with Gasteiger partial charge in [-0.25, -0.2) is 4.68 Å². The summed E-state index contributed by atoms with van der Waals surface area (Å²) >= 11 is 0. The van der Waals surface area contributed by atoms with Gasteiger partial charge < -0.3 is 14.7 Å². The van der Waals surface area contributed by atoms with Crippen molar-refractivity contribution in [3.63, 3.8) is 0 Å². The van der Waals surface area contributed by atoms with Crippen LogP contribution < -0.4 is 0 Å². The predicted octanol–water partition coefficient (Wildman–Crippen LogP) is 0.392. The van der Waals surface area contributed by atoms with Crippen LogP contribution in [0.1, 0.15) is 38.2 Å². The topological polar surface area (TPSA) is 97.6 Å². The average Bonchev–Trinajstić information content (AvgIpc) is 2.71. The van der Waals surface area contributed by atoms with Crippen LogP contribution in [-0.2, 0) is 16.1 Å². The van der Waals surface area contributed by atoms with Crippen LogP contribution in [-0.4, -0.2) is 61.2 Å². The number of nitrogens with zero attached hydrogens (tertiary/aromatic N) is 4. The zero-order chi connectivity index (χ0) is 15.8. The maximum atomic E-state index is 12.5. The number of rotatable bonds is 3. The van der Waals surface area contributed by atoms with Gasteiger partial charge in [-0.05, 0) is 27.7 Å². The lowest BCUT2D eigenvalue weighted by Crippen LogP contribution is -2.58. The molecule has 1 amide bonds. The minimum Gasteiger partial charge on any atom is -0.480 e. The lowest BCUT2D eigenvalue weighted by molar-refractivity contribution is -0.171. The zero-order valence-electron chi connectivity index (χ0n) is 12.7. The number of amides is 1. The van der Waals surface area contributed by atoms with Crippen LogP contribution in [0.3, 0.4) is 0 Å². The van der Waals surface area contributed by atoms with Crippen molar-refractivity contribution >= 4 is 11.9 Å². The number of aliphatic carboxylic acids is 1. The van der Waals surface area contributed by atoms with E-state index in [9.17, 15) is 9.59 Å². The minimum atomic E-state index is -1.03. The van der Waals surface area contributed by atoms with Gasteiger partial charge in [-0.2, -0.15) is 0 Å². The zero-order valence-corrected chi connectivity index (χ0v) is 12.7. The summed E-state index contributed by atoms with van der Waals surface area (Å²) in [5, 5.41) is 16.1. The number of hydrogen-bond donors (Lipinski definition) is 1. The fraction of sp³-hybridized carbons (Fsp3) is 0.692. The molecule has 2 heterocycles. The number of ether oxygens (including phenoxy) is 1. The van der Waals surface area contributed by atoms with E-state index >= 15 is 0 Å². The smallest absolute Gasteiger partial charge is 0.325 e. The van der Waals surface area contributed by atoms with Gasteiger partial charge in [0, 0.05) is 13.1 Å². The molecule has 116 valence electrons. The van der Waals surface area contributed by atoms with Gasteiger partial charge in [-0.1, -0.05) is 5.21 Å². The summed E-state index contributed by atoms with van der Waals surface area (Å²) in [5.74, 6) is -1.30. The normalized spacial score (nSPS) is 20.3. The van der Waals surface area contributed by atoms with Crippen LogP contribution in [0.2, 0.25) is 0 Å². The molecule has 1 aliphatic heterocycles. The maximum absolute atomic E-state index is 12.5. The summed E-state index contributed by atoms with van der Waals surface area (Å²) in [7, 11) is 0. The number of hydrogen-bond acceptors (Lipinski definition) is 5. The lowest BCUT2D eigenvalue weighted by atomic mass is 9.98. The van der Waals surface area contributed by atoms with Crippen molar-refractivity contribution in [1.29, 1.82) is 0 Å². The molecule has 0 spiro atoms. The Bertz CT molecular complexity index is 548. The fourth-order valence-corrected chi connectivity index (χ4v) is 2.71. The number of carbonyl (C=O) groups is 2. The van der Waals surface area contributed by atoms with E-state index < -0.39 is 17.2 Å². The highest BCUT2D eigenvalue weighted by molar-refractivity contribution is 5.92. The predicted molar refractivity (Wildman–Crippen MR) is 72.8 cm³/mol. The van der Waals surface area contributed by atoms with E-state index in [-0.39, 0.29) is 18.1 Å². The Hall–Kier alpha value is -1.96. The van der Waals surface area contributed by atoms with E-state index in [1.807, 2.05) is 27.7 Å². The molecule has 0 unspecified atom stereocenters. The molecule has 0 aliphatic carbocycles. The van der Waals surface area contributed by atoms with Gasteiger partial charge in [0.25, 0.3) is 5.91 Å². The number of aromatic nitrogens is 3. The Morgan fingerprint density at radius 3 is 2.38 bits per heavy atom. The summed E-state index contributed by atoms with van der Waals surface area (Å²) in [4.78, 5) is 24.8. The van der Waals surface area contributed by atoms with Crippen molar-refractivity contribution in [1.82, 2.24) is 19.9 Å². The van der Waals surface area contributed by atoms with E-state index in [1.165, 1.54) is 6.20 Å². The van der Waals surface area contributed by atoms with Gasteiger partial charge in [-0.3, -0.25) is 9.59 Å². The second-order valence-corrected chi connectivity index (χ2v) is 6.48. The number of carbonyl (C=O) groups excluding carboxylic acids is 1. The summed E-state index contributed by atoms with van der Waals surface area (Å²) in [5.41, 5.74) is -0.757. The first-order chi connectivity index (χ1) is 9.58. The first kappa shape index (κ1) is 15.4. The van der Waals surface area contributed by atoms with Crippen molar-refractivity contribution in [2.45, 2.75) is 45.4 Å². The van der Waals surface area contributed by atoms with Gasteiger partial charge in [0.2, 0.25) is 0 Å². The highest BCUT2D eigenvalue weighted by Gasteiger charge is 2.40. The van der Waals surface area contributed by atoms with Crippen LogP contribution >= 0.6 is 0 Å². The van der Waals surface area contributed by atoms with Gasteiger partial charge in [0.15, 0.2) is 5.69 Å². The molecule has 0 atom stereocenters. The van der Waals surface area contributed by atoms with E-state index in [2.05, 4.69) is 10.3 Å². The van der Waals surface area contributed by atoms with E-state index in [4.69, 9.17) is 9.84 Å². The Labute approximate surface area is 122 Å². The van der Waals surface area contributed by atoms with Crippen LogP contribution in [0.25, 0.3) is 0 Å². The number of morpholine rings is 1. The molecule has 8 heteroatoms. The third-order valence-electron chi connectivity index (χ3n) is 3.04. The van der Waals surface area contributed by atoms with Gasteiger partial charge in [-0.15, -0.1) is 5.10 Å². The molecule has 1 aliphatic rings. The average molecular weight is 296 g/mol. The third kappa shape index (κ3) is 3.78. The van der Waals surface area contributed by atoms with Crippen LogP contribution in [0, 0.1) is 0 Å². The molecule has 2 rings (SSSR count). The van der Waals surface area contributed by atoms with Crippen molar-refractivity contribution < 1.29 is 19.4 Å². The molecule has 8 nitrogen and oxygen atoms in total. The Morgan fingerprint density at radius 2 is 1.86 bits per heavy atom. The van der Waals surface area contributed by atoms with Crippen molar-refractivity contribution in [3.8, 4) is 0 Å². The number of carboxylic acid groups (broad SMARTS) is 1. The third-order valence-corrected chi connectivity index (χ3v) is 3.04. The monoisotopic (exact) mass is 296 g/mol. The first-order valence-electron chi connectivity index (χ1n) is 6.69. The molecule has 0 aromatic carbocycles. The molecular formula is C13H20N4O4. The molecule has 0 radical (unpaired) electrons. The Kier molecular flexibility index (Phi) is 3.75. The fourth-order valence-electron chi connectivity index (χ4n) is 2.71. The standard InChI is InChI=1S/C13H20N4O4/c1-12(2)7-16(8-13(3,4)21-12)11(20)9-5-17(15-14-9)6-10(18)19/h5H,6-8H2,1-4H3,(H,18,19). The summed E-state index contributed by atoms with van der Waals surface area (Å²) in [6.45, 7) is 8.28. The molecule has 0 bridgehead atoms. The van der Waals surface area contributed by atoms with E-state index in [0.717, 1.165) is 4.68 Å². The molecule has 1 aromatic heterocycles. The van der Waals surface area contributed by atoms with Gasteiger partial charge in [0.1, 0.15) is 6.54 Å². The van der Waals surface area contributed by atoms with Gasteiger partial charge >= 0.3 is 5.97 Å². The second kappa shape index (κ2) is 5.10. The quantitative estimate of drug-likeness (QED) is 0.866. The summed E-state index contributed by atoms with van der Waals surface area (Å²) in [6.07, 6.45) is 1.35.